The lowest BCUT2D eigenvalue weighted by molar-refractivity contribution is 0.869. The molecule has 1 aromatic heterocycles. The Bertz CT molecular complexity index is 335. The van der Waals surface area contributed by atoms with Crippen LogP contribution in [0.2, 0.25) is 0 Å². The Morgan fingerprint density at radius 2 is 2.13 bits per heavy atom. The van der Waals surface area contributed by atoms with E-state index < -0.39 is 0 Å². The third kappa shape index (κ3) is 4.33. The summed E-state index contributed by atoms with van der Waals surface area (Å²) in [5, 5.41) is 7.28. The molecule has 1 rings (SSSR count). The topological polar surface area (TPSA) is 49.3 Å². The van der Waals surface area contributed by atoms with Crippen molar-refractivity contribution in [2.45, 2.75) is 20.4 Å². The lowest BCUT2D eigenvalue weighted by Gasteiger charge is -2.06. The van der Waals surface area contributed by atoms with E-state index >= 15 is 0 Å². The van der Waals surface area contributed by atoms with Gasteiger partial charge in [0.05, 0.1) is 17.2 Å². The molecule has 4 nitrogen and oxygen atoms in total. The number of halogens is 1. The van der Waals surface area contributed by atoms with Gasteiger partial charge in [-0.05, 0) is 13.8 Å². The number of hydrogen-bond donors (Lipinski definition) is 2. The molecular weight excluding hydrogens is 323 g/mol. The van der Waals surface area contributed by atoms with Gasteiger partial charge in [-0.25, -0.2) is 4.98 Å². The van der Waals surface area contributed by atoms with Crippen molar-refractivity contribution in [1.82, 2.24) is 15.6 Å². The molecule has 0 aliphatic carbocycles. The zero-order valence-electron chi connectivity index (χ0n) is 9.42. The Kier molecular flexibility index (Phi) is 6.82. The largest absolute Gasteiger partial charge is 0.359 e. The predicted molar refractivity (Wildman–Crippen MR) is 76.3 cm³/mol. The lowest BCUT2D eigenvalue weighted by Crippen LogP contribution is -2.33. The van der Waals surface area contributed by atoms with Crippen LogP contribution in [0.25, 0.3) is 0 Å². The van der Waals surface area contributed by atoms with Crippen LogP contribution in [0.3, 0.4) is 0 Å². The van der Waals surface area contributed by atoms with Crippen LogP contribution in [0.15, 0.2) is 4.99 Å². The molecule has 1 aromatic rings. The highest BCUT2D eigenvalue weighted by Crippen LogP contribution is 2.16. The molecule has 0 radical (unpaired) electrons. The molecule has 0 saturated carbocycles. The SMILES string of the molecule is CN=C(NC)NCc1sc(C)nc1C.I. The monoisotopic (exact) mass is 340 g/mol. The van der Waals surface area contributed by atoms with Crippen LogP contribution >= 0.6 is 35.3 Å². The number of aryl methyl sites for hydroxylation is 2. The highest BCUT2D eigenvalue weighted by atomic mass is 127. The first kappa shape index (κ1) is 14.6. The highest BCUT2D eigenvalue weighted by Gasteiger charge is 2.04. The van der Waals surface area contributed by atoms with Crippen molar-refractivity contribution < 1.29 is 0 Å². The van der Waals surface area contributed by atoms with Crippen molar-refractivity contribution in [2.24, 2.45) is 4.99 Å². The minimum absolute atomic E-state index is 0. The molecular formula is C9H17IN4S. The minimum Gasteiger partial charge on any atom is -0.359 e. The van der Waals surface area contributed by atoms with Gasteiger partial charge in [0.15, 0.2) is 5.96 Å². The van der Waals surface area contributed by atoms with Crippen molar-refractivity contribution in [2.75, 3.05) is 14.1 Å². The van der Waals surface area contributed by atoms with Crippen molar-refractivity contribution in [3.05, 3.63) is 15.6 Å². The van der Waals surface area contributed by atoms with Crippen LogP contribution in [0.4, 0.5) is 0 Å². The Morgan fingerprint density at radius 3 is 2.53 bits per heavy atom. The van der Waals surface area contributed by atoms with Crippen molar-refractivity contribution in [3.63, 3.8) is 0 Å². The molecule has 0 atom stereocenters. The molecule has 0 saturated heterocycles. The molecule has 0 aromatic carbocycles. The summed E-state index contributed by atoms with van der Waals surface area (Å²) in [6, 6.07) is 0. The first-order valence-corrected chi connectivity index (χ1v) is 5.30. The lowest BCUT2D eigenvalue weighted by atomic mass is 10.4. The molecule has 0 aliphatic rings. The molecule has 0 amide bonds. The first-order valence-electron chi connectivity index (χ1n) is 4.48. The summed E-state index contributed by atoms with van der Waals surface area (Å²) in [5.74, 6) is 0.801. The fraction of sp³-hybridized carbons (Fsp3) is 0.556. The standard InChI is InChI=1S/C9H16N4S.HI/c1-6-8(14-7(2)13-6)5-12-9(10-3)11-4;/h5H2,1-4H3,(H2,10,11,12);1H. The van der Waals surface area contributed by atoms with Gasteiger partial charge in [-0.3, -0.25) is 4.99 Å². The van der Waals surface area contributed by atoms with Gasteiger partial charge in [0.1, 0.15) is 0 Å². The van der Waals surface area contributed by atoms with Gasteiger partial charge in [-0.1, -0.05) is 0 Å². The van der Waals surface area contributed by atoms with Crippen molar-refractivity contribution in [3.8, 4) is 0 Å². The summed E-state index contributed by atoms with van der Waals surface area (Å²) in [6.45, 7) is 4.83. The second kappa shape index (κ2) is 7.00. The number of guanidine groups is 1. The Balaban J connectivity index is 0.00000196. The molecule has 0 aliphatic heterocycles. The van der Waals surface area contributed by atoms with E-state index in [0.29, 0.717) is 0 Å². The molecule has 1 heterocycles. The molecule has 15 heavy (non-hydrogen) atoms. The van der Waals surface area contributed by atoms with Crippen LogP contribution in [0.1, 0.15) is 15.6 Å². The maximum Gasteiger partial charge on any atom is 0.191 e. The molecule has 0 spiro atoms. The summed E-state index contributed by atoms with van der Waals surface area (Å²) in [7, 11) is 3.60. The third-order valence-corrected chi connectivity index (χ3v) is 2.95. The van der Waals surface area contributed by atoms with E-state index in [2.05, 4.69) is 20.6 Å². The summed E-state index contributed by atoms with van der Waals surface area (Å²) in [6.07, 6.45) is 0. The summed E-state index contributed by atoms with van der Waals surface area (Å²) >= 11 is 1.72. The Morgan fingerprint density at radius 1 is 1.47 bits per heavy atom. The first-order chi connectivity index (χ1) is 6.67. The Labute approximate surface area is 112 Å². The highest BCUT2D eigenvalue weighted by molar-refractivity contribution is 14.0. The van der Waals surface area contributed by atoms with Crippen molar-refractivity contribution in [1.29, 1.82) is 0 Å². The van der Waals surface area contributed by atoms with Crippen LogP contribution in [0.5, 0.6) is 0 Å². The van der Waals surface area contributed by atoms with E-state index in [9.17, 15) is 0 Å². The van der Waals surface area contributed by atoms with Crippen LogP contribution in [-0.2, 0) is 6.54 Å². The molecule has 2 N–H and O–H groups in total. The summed E-state index contributed by atoms with van der Waals surface area (Å²) < 4.78 is 0. The van der Waals surface area contributed by atoms with Crippen LogP contribution < -0.4 is 10.6 Å². The van der Waals surface area contributed by atoms with E-state index in [4.69, 9.17) is 0 Å². The fourth-order valence-electron chi connectivity index (χ4n) is 1.18. The maximum atomic E-state index is 4.36. The van der Waals surface area contributed by atoms with Gasteiger partial charge < -0.3 is 10.6 Å². The third-order valence-electron chi connectivity index (χ3n) is 1.88. The average Bonchev–Trinajstić information content (AvgIpc) is 2.47. The molecule has 0 fully saturated rings. The summed E-state index contributed by atoms with van der Waals surface area (Å²) in [4.78, 5) is 9.66. The zero-order valence-corrected chi connectivity index (χ0v) is 12.6. The van der Waals surface area contributed by atoms with Gasteiger partial charge in [-0.2, -0.15) is 0 Å². The number of aromatic nitrogens is 1. The molecule has 6 heteroatoms. The van der Waals surface area contributed by atoms with E-state index in [0.717, 1.165) is 23.2 Å². The number of nitrogens with zero attached hydrogens (tertiary/aromatic N) is 2. The number of aliphatic imine (C=N–C) groups is 1. The van der Waals surface area contributed by atoms with Gasteiger partial charge in [0, 0.05) is 19.0 Å². The van der Waals surface area contributed by atoms with E-state index in [1.807, 2.05) is 20.9 Å². The second-order valence-corrected chi connectivity index (χ2v) is 4.20. The molecule has 0 unspecified atom stereocenters. The van der Waals surface area contributed by atoms with Crippen molar-refractivity contribution >= 4 is 41.3 Å². The smallest absolute Gasteiger partial charge is 0.191 e. The van der Waals surface area contributed by atoms with E-state index in [1.165, 1.54) is 4.88 Å². The normalized spacial score (nSPS) is 10.8. The van der Waals surface area contributed by atoms with E-state index in [1.54, 1.807) is 18.4 Å². The average molecular weight is 340 g/mol. The van der Waals surface area contributed by atoms with Crippen LogP contribution in [-0.4, -0.2) is 25.0 Å². The summed E-state index contributed by atoms with van der Waals surface area (Å²) in [5.41, 5.74) is 1.10. The molecule has 0 bridgehead atoms. The van der Waals surface area contributed by atoms with Gasteiger partial charge >= 0.3 is 0 Å². The zero-order chi connectivity index (χ0) is 10.6. The Hall–Kier alpha value is -0.370. The van der Waals surface area contributed by atoms with Crippen LogP contribution in [0, 0.1) is 13.8 Å². The number of hydrogen-bond acceptors (Lipinski definition) is 3. The fourth-order valence-corrected chi connectivity index (χ4v) is 2.06. The second-order valence-electron chi connectivity index (χ2n) is 2.92. The minimum atomic E-state index is 0. The molecule has 86 valence electrons. The van der Waals surface area contributed by atoms with Gasteiger partial charge in [0.25, 0.3) is 0 Å². The number of rotatable bonds is 2. The predicted octanol–water partition coefficient (Wildman–Crippen LogP) is 1.67. The number of thiazole rings is 1. The quantitative estimate of drug-likeness (QED) is 0.489. The van der Waals surface area contributed by atoms with Gasteiger partial charge in [0.2, 0.25) is 0 Å². The maximum absolute atomic E-state index is 4.36. The van der Waals surface area contributed by atoms with Gasteiger partial charge in [-0.15, -0.1) is 35.3 Å². The number of nitrogens with one attached hydrogen (secondary N) is 2. The van der Waals surface area contributed by atoms with E-state index in [-0.39, 0.29) is 24.0 Å².